The molecule has 1 aromatic carbocycles. The van der Waals surface area contributed by atoms with E-state index in [1.54, 1.807) is 11.3 Å². The summed E-state index contributed by atoms with van der Waals surface area (Å²) in [5, 5.41) is 3.42. The predicted octanol–water partition coefficient (Wildman–Crippen LogP) is 3.46. The number of ether oxygens (including phenoxy) is 1. The number of aryl methyl sites for hydroxylation is 1. The zero-order valence-electron chi connectivity index (χ0n) is 14.9. The molecule has 3 rings (SSSR count). The minimum absolute atomic E-state index is 0.283. The smallest absolute Gasteiger partial charge is 0.194 e. The number of piperidine rings is 1. The summed E-state index contributed by atoms with van der Waals surface area (Å²) in [6.45, 7) is 7.65. The lowest BCUT2D eigenvalue weighted by Gasteiger charge is -2.34. The zero-order chi connectivity index (χ0) is 17.5. The molecule has 2 heterocycles. The average molecular weight is 359 g/mol. The number of guanidine groups is 1. The zero-order valence-corrected chi connectivity index (χ0v) is 15.8. The average Bonchev–Trinajstić information content (AvgIpc) is 3.05. The fourth-order valence-electron chi connectivity index (χ4n) is 2.93. The number of likely N-dealkylation sites (tertiary alicyclic amines) is 1. The number of aliphatic imine (C=N–C) groups is 1. The molecule has 6 heteroatoms. The third-order valence-electron chi connectivity index (χ3n) is 4.34. The van der Waals surface area contributed by atoms with Crippen molar-refractivity contribution >= 4 is 17.3 Å². The second-order valence-corrected chi connectivity index (χ2v) is 7.09. The summed E-state index contributed by atoms with van der Waals surface area (Å²) in [4.78, 5) is 12.7. The number of para-hydroxylation sites is 1. The summed E-state index contributed by atoms with van der Waals surface area (Å²) in [6, 6.07) is 10.1. The maximum Gasteiger partial charge on any atom is 0.194 e. The van der Waals surface area contributed by atoms with Gasteiger partial charge in [-0.15, -0.1) is 11.3 Å². The number of hydrogen-bond acceptors (Lipinski definition) is 4. The van der Waals surface area contributed by atoms with Crippen LogP contribution in [0.25, 0.3) is 0 Å². The Morgan fingerprint density at radius 1 is 1.32 bits per heavy atom. The molecule has 1 saturated heterocycles. The van der Waals surface area contributed by atoms with Crippen LogP contribution in [0.2, 0.25) is 0 Å². The molecule has 0 aliphatic carbocycles. The standard InChI is InChI=1S/C19H26N4OS/c1-3-20-19(21-13-18-15(2)22-14-25-18)23-11-9-17(10-12-23)24-16-7-5-4-6-8-16/h4-8,14,17H,3,9-13H2,1-2H3,(H,20,21). The van der Waals surface area contributed by atoms with Crippen molar-refractivity contribution in [3.05, 3.63) is 46.4 Å². The second kappa shape index (κ2) is 8.85. The lowest BCUT2D eigenvalue weighted by atomic mass is 10.1. The molecule has 0 saturated carbocycles. The van der Waals surface area contributed by atoms with Crippen LogP contribution < -0.4 is 10.1 Å². The third kappa shape index (κ3) is 4.95. The van der Waals surface area contributed by atoms with Crippen LogP contribution in [0.4, 0.5) is 0 Å². The van der Waals surface area contributed by atoms with Crippen molar-refractivity contribution in [3.8, 4) is 5.75 Å². The SMILES string of the molecule is CCNC(=NCc1scnc1C)N1CCC(Oc2ccccc2)CC1. The van der Waals surface area contributed by atoms with Gasteiger partial charge in [0.1, 0.15) is 11.9 Å². The molecule has 1 N–H and O–H groups in total. The number of nitrogens with zero attached hydrogens (tertiary/aromatic N) is 3. The Labute approximate surface area is 153 Å². The van der Waals surface area contributed by atoms with Crippen molar-refractivity contribution in [2.45, 2.75) is 39.3 Å². The van der Waals surface area contributed by atoms with Gasteiger partial charge in [-0.1, -0.05) is 18.2 Å². The van der Waals surface area contributed by atoms with E-state index >= 15 is 0 Å². The van der Waals surface area contributed by atoms with E-state index in [1.165, 1.54) is 4.88 Å². The van der Waals surface area contributed by atoms with Gasteiger partial charge in [0.2, 0.25) is 0 Å². The molecule has 1 aliphatic heterocycles. The molecule has 0 atom stereocenters. The van der Waals surface area contributed by atoms with E-state index in [1.807, 2.05) is 42.8 Å². The van der Waals surface area contributed by atoms with E-state index in [0.717, 1.165) is 49.9 Å². The number of nitrogens with one attached hydrogen (secondary N) is 1. The Morgan fingerprint density at radius 3 is 2.72 bits per heavy atom. The van der Waals surface area contributed by atoms with Gasteiger partial charge < -0.3 is 15.0 Å². The normalized spacial score (nSPS) is 16.1. The number of thiazole rings is 1. The topological polar surface area (TPSA) is 49.8 Å². The number of hydrogen-bond donors (Lipinski definition) is 1. The van der Waals surface area contributed by atoms with Gasteiger partial charge in [0, 0.05) is 37.4 Å². The largest absolute Gasteiger partial charge is 0.490 e. The molecule has 1 aliphatic rings. The number of aromatic nitrogens is 1. The van der Waals surface area contributed by atoms with Gasteiger partial charge >= 0.3 is 0 Å². The Balaban J connectivity index is 1.56. The summed E-state index contributed by atoms with van der Waals surface area (Å²) < 4.78 is 6.08. The molecule has 0 spiro atoms. The third-order valence-corrected chi connectivity index (χ3v) is 5.26. The molecule has 0 amide bonds. The summed E-state index contributed by atoms with van der Waals surface area (Å²) in [5.74, 6) is 1.95. The van der Waals surface area contributed by atoms with Gasteiger partial charge in [0.05, 0.1) is 17.7 Å². The summed E-state index contributed by atoms with van der Waals surface area (Å²) in [6.07, 6.45) is 2.31. The minimum Gasteiger partial charge on any atom is -0.490 e. The Hall–Kier alpha value is -2.08. The molecule has 1 aromatic heterocycles. The molecular weight excluding hydrogens is 332 g/mol. The van der Waals surface area contributed by atoms with E-state index in [-0.39, 0.29) is 6.10 Å². The molecular formula is C19H26N4OS. The number of rotatable bonds is 5. The maximum absolute atomic E-state index is 6.08. The van der Waals surface area contributed by atoms with Gasteiger partial charge in [-0.25, -0.2) is 9.98 Å². The lowest BCUT2D eigenvalue weighted by molar-refractivity contribution is 0.129. The number of benzene rings is 1. The molecule has 0 radical (unpaired) electrons. The van der Waals surface area contributed by atoms with E-state index < -0.39 is 0 Å². The first-order valence-electron chi connectivity index (χ1n) is 8.90. The van der Waals surface area contributed by atoms with E-state index in [9.17, 15) is 0 Å². The highest BCUT2D eigenvalue weighted by molar-refractivity contribution is 7.09. The van der Waals surface area contributed by atoms with Gasteiger partial charge in [0.25, 0.3) is 0 Å². The van der Waals surface area contributed by atoms with Crippen molar-refractivity contribution in [2.24, 2.45) is 4.99 Å². The predicted molar refractivity (Wildman–Crippen MR) is 103 cm³/mol. The molecule has 0 unspecified atom stereocenters. The van der Waals surface area contributed by atoms with Gasteiger partial charge in [-0.2, -0.15) is 0 Å². The highest BCUT2D eigenvalue weighted by atomic mass is 32.1. The van der Waals surface area contributed by atoms with Crippen LogP contribution in [0.15, 0.2) is 40.8 Å². The summed E-state index contributed by atoms with van der Waals surface area (Å²) >= 11 is 1.67. The molecule has 5 nitrogen and oxygen atoms in total. The maximum atomic E-state index is 6.08. The second-order valence-electron chi connectivity index (χ2n) is 6.15. The van der Waals surface area contributed by atoms with Crippen molar-refractivity contribution in [2.75, 3.05) is 19.6 Å². The van der Waals surface area contributed by atoms with Crippen LogP contribution in [-0.2, 0) is 6.54 Å². The van der Waals surface area contributed by atoms with Crippen LogP contribution in [0, 0.1) is 6.92 Å². The van der Waals surface area contributed by atoms with Crippen LogP contribution in [-0.4, -0.2) is 41.6 Å². The first-order valence-corrected chi connectivity index (χ1v) is 9.78. The van der Waals surface area contributed by atoms with Gasteiger partial charge in [0.15, 0.2) is 5.96 Å². The summed E-state index contributed by atoms with van der Waals surface area (Å²) in [7, 11) is 0. The van der Waals surface area contributed by atoms with Crippen molar-refractivity contribution < 1.29 is 4.74 Å². The fraction of sp³-hybridized carbons (Fsp3) is 0.474. The van der Waals surface area contributed by atoms with Crippen molar-refractivity contribution in [3.63, 3.8) is 0 Å². The van der Waals surface area contributed by atoms with Crippen molar-refractivity contribution in [1.29, 1.82) is 0 Å². The Morgan fingerprint density at radius 2 is 2.08 bits per heavy atom. The molecule has 1 fully saturated rings. The summed E-state index contributed by atoms with van der Waals surface area (Å²) in [5.41, 5.74) is 2.97. The quantitative estimate of drug-likeness (QED) is 0.657. The molecule has 134 valence electrons. The Bertz CT molecular complexity index is 678. The first-order chi connectivity index (χ1) is 12.3. The van der Waals surface area contributed by atoms with E-state index in [2.05, 4.69) is 22.1 Å². The Kier molecular flexibility index (Phi) is 6.28. The monoisotopic (exact) mass is 358 g/mol. The van der Waals surface area contributed by atoms with E-state index in [0.29, 0.717) is 6.54 Å². The fourth-order valence-corrected chi connectivity index (χ4v) is 3.63. The van der Waals surface area contributed by atoms with Crippen LogP contribution in [0.3, 0.4) is 0 Å². The van der Waals surface area contributed by atoms with Gasteiger partial charge in [-0.05, 0) is 26.0 Å². The van der Waals surface area contributed by atoms with Crippen molar-refractivity contribution in [1.82, 2.24) is 15.2 Å². The minimum atomic E-state index is 0.283. The highest BCUT2D eigenvalue weighted by Gasteiger charge is 2.22. The molecule has 2 aromatic rings. The van der Waals surface area contributed by atoms with Crippen LogP contribution in [0.1, 0.15) is 30.3 Å². The first kappa shape index (κ1) is 17.7. The highest BCUT2D eigenvalue weighted by Crippen LogP contribution is 2.19. The van der Waals surface area contributed by atoms with E-state index in [4.69, 9.17) is 9.73 Å². The lowest BCUT2D eigenvalue weighted by Crippen LogP contribution is -2.47. The molecule has 25 heavy (non-hydrogen) atoms. The van der Waals surface area contributed by atoms with Gasteiger partial charge in [-0.3, -0.25) is 0 Å². The van der Waals surface area contributed by atoms with Crippen LogP contribution in [0.5, 0.6) is 5.75 Å². The molecule has 0 bridgehead atoms. The van der Waals surface area contributed by atoms with Crippen LogP contribution >= 0.6 is 11.3 Å².